The van der Waals surface area contributed by atoms with Crippen LogP contribution in [0.4, 0.5) is 0 Å². The van der Waals surface area contributed by atoms with Crippen molar-refractivity contribution in [3.63, 3.8) is 0 Å². The van der Waals surface area contributed by atoms with E-state index in [9.17, 15) is 4.79 Å². The van der Waals surface area contributed by atoms with Crippen LogP contribution in [0.1, 0.15) is 11.3 Å². The zero-order valence-electron chi connectivity index (χ0n) is 12.2. The zero-order chi connectivity index (χ0) is 15.4. The highest BCUT2D eigenvalue weighted by Gasteiger charge is 2.11. The molecule has 0 fully saturated rings. The van der Waals surface area contributed by atoms with Gasteiger partial charge in [-0.15, -0.1) is 0 Å². The number of hydrogen-bond donors (Lipinski definition) is 1. The van der Waals surface area contributed by atoms with E-state index in [1.807, 2.05) is 12.1 Å². The number of hydrogen-bond acceptors (Lipinski definition) is 4. The van der Waals surface area contributed by atoms with E-state index in [0.29, 0.717) is 22.8 Å². The molecule has 1 heterocycles. The molecule has 1 aromatic carbocycles. The van der Waals surface area contributed by atoms with Crippen LogP contribution in [0.2, 0.25) is 0 Å². The Morgan fingerprint density at radius 2 is 1.95 bits per heavy atom. The summed E-state index contributed by atoms with van der Waals surface area (Å²) >= 11 is 0. The van der Waals surface area contributed by atoms with Crippen LogP contribution in [0.25, 0.3) is 11.3 Å². The van der Waals surface area contributed by atoms with Gasteiger partial charge < -0.3 is 14.6 Å². The predicted molar refractivity (Wildman–Crippen MR) is 78.9 cm³/mol. The molecule has 21 heavy (non-hydrogen) atoms. The van der Waals surface area contributed by atoms with Crippen LogP contribution in [-0.4, -0.2) is 30.3 Å². The van der Waals surface area contributed by atoms with Crippen molar-refractivity contribution in [3.05, 3.63) is 41.6 Å². The fourth-order valence-electron chi connectivity index (χ4n) is 2.10. The molecule has 5 nitrogen and oxygen atoms in total. The van der Waals surface area contributed by atoms with Crippen molar-refractivity contribution in [1.29, 1.82) is 0 Å². The first-order valence-corrected chi connectivity index (χ1v) is 6.46. The van der Waals surface area contributed by atoms with Crippen molar-refractivity contribution in [2.75, 3.05) is 14.2 Å². The van der Waals surface area contributed by atoms with E-state index in [0.717, 1.165) is 11.3 Å². The second kappa shape index (κ2) is 6.26. The fourth-order valence-corrected chi connectivity index (χ4v) is 2.10. The lowest BCUT2D eigenvalue weighted by Gasteiger charge is -2.11. The maximum atomic E-state index is 10.8. The number of carboxylic acids is 1. The van der Waals surface area contributed by atoms with Crippen LogP contribution in [0.15, 0.2) is 30.3 Å². The van der Waals surface area contributed by atoms with Crippen LogP contribution in [-0.2, 0) is 11.2 Å². The monoisotopic (exact) mass is 287 g/mol. The average molecular weight is 287 g/mol. The normalized spacial score (nSPS) is 10.2. The van der Waals surface area contributed by atoms with E-state index in [4.69, 9.17) is 14.6 Å². The Morgan fingerprint density at radius 3 is 2.52 bits per heavy atom. The van der Waals surface area contributed by atoms with Crippen LogP contribution in [0.5, 0.6) is 11.5 Å². The van der Waals surface area contributed by atoms with Crippen molar-refractivity contribution in [3.8, 4) is 22.8 Å². The molecule has 0 radical (unpaired) electrons. The summed E-state index contributed by atoms with van der Waals surface area (Å²) in [5.74, 6) is 0.497. The largest absolute Gasteiger partial charge is 0.497 e. The van der Waals surface area contributed by atoms with Gasteiger partial charge in [0.2, 0.25) is 0 Å². The van der Waals surface area contributed by atoms with Gasteiger partial charge >= 0.3 is 5.97 Å². The van der Waals surface area contributed by atoms with Gasteiger partial charge in [0.25, 0.3) is 0 Å². The van der Waals surface area contributed by atoms with Crippen molar-refractivity contribution in [2.45, 2.75) is 13.3 Å². The zero-order valence-corrected chi connectivity index (χ0v) is 12.2. The Kier molecular flexibility index (Phi) is 4.42. The molecule has 5 heteroatoms. The van der Waals surface area contributed by atoms with Crippen LogP contribution >= 0.6 is 0 Å². The lowest BCUT2D eigenvalue weighted by molar-refractivity contribution is -0.136. The number of carboxylic acid groups (broad SMARTS) is 1. The first kappa shape index (κ1) is 14.8. The smallest absolute Gasteiger partial charge is 0.307 e. The number of aryl methyl sites for hydroxylation is 1. The van der Waals surface area contributed by atoms with Gasteiger partial charge in [0.1, 0.15) is 11.5 Å². The molecule has 2 aromatic rings. The minimum Gasteiger partial charge on any atom is -0.497 e. The Bertz CT molecular complexity index is 667. The number of rotatable bonds is 5. The van der Waals surface area contributed by atoms with Gasteiger partial charge in [0.05, 0.1) is 26.3 Å². The number of aliphatic carboxylic acids is 1. The molecule has 0 saturated carbocycles. The Morgan fingerprint density at radius 1 is 1.19 bits per heavy atom. The predicted octanol–water partition coefficient (Wildman–Crippen LogP) is 2.70. The van der Waals surface area contributed by atoms with E-state index >= 15 is 0 Å². The van der Waals surface area contributed by atoms with Crippen molar-refractivity contribution >= 4 is 5.97 Å². The molecular weight excluding hydrogens is 270 g/mol. The van der Waals surface area contributed by atoms with Gasteiger partial charge in [0, 0.05) is 17.3 Å². The van der Waals surface area contributed by atoms with E-state index < -0.39 is 5.97 Å². The van der Waals surface area contributed by atoms with E-state index in [-0.39, 0.29) is 6.42 Å². The molecule has 0 aliphatic heterocycles. The van der Waals surface area contributed by atoms with E-state index in [1.165, 1.54) is 0 Å². The second-order valence-corrected chi connectivity index (χ2v) is 4.58. The Hall–Kier alpha value is -2.56. The molecule has 2 rings (SSSR count). The lowest BCUT2D eigenvalue weighted by atomic mass is 10.1. The molecule has 0 spiro atoms. The van der Waals surface area contributed by atoms with Gasteiger partial charge in [0.15, 0.2) is 0 Å². The number of nitrogens with zero attached hydrogens (tertiary/aromatic N) is 1. The number of benzene rings is 1. The van der Waals surface area contributed by atoms with Gasteiger partial charge in [-0.25, -0.2) is 0 Å². The van der Waals surface area contributed by atoms with Crippen molar-refractivity contribution < 1.29 is 19.4 Å². The first-order chi connectivity index (χ1) is 10.0. The summed E-state index contributed by atoms with van der Waals surface area (Å²) in [5, 5.41) is 8.86. The third-order valence-corrected chi connectivity index (χ3v) is 3.22. The number of pyridine rings is 1. The molecule has 1 N–H and O–H groups in total. The molecule has 0 bridgehead atoms. The molecule has 0 saturated heterocycles. The minimum atomic E-state index is -0.866. The summed E-state index contributed by atoms with van der Waals surface area (Å²) in [6.45, 7) is 1.80. The van der Waals surface area contributed by atoms with E-state index in [2.05, 4.69) is 4.98 Å². The number of ether oxygens (including phenoxy) is 2. The molecule has 110 valence electrons. The van der Waals surface area contributed by atoms with Gasteiger partial charge in [-0.2, -0.15) is 0 Å². The van der Waals surface area contributed by atoms with Crippen LogP contribution in [0, 0.1) is 6.92 Å². The van der Waals surface area contributed by atoms with E-state index in [1.54, 1.807) is 39.3 Å². The number of aromatic nitrogens is 1. The number of methoxy groups -OCH3 is 2. The molecular formula is C16H17NO4. The summed E-state index contributed by atoms with van der Waals surface area (Å²) < 4.78 is 10.5. The summed E-state index contributed by atoms with van der Waals surface area (Å²) in [4.78, 5) is 15.3. The minimum absolute atomic E-state index is 0.0289. The Balaban J connectivity index is 2.42. The molecule has 0 aliphatic carbocycles. The van der Waals surface area contributed by atoms with Crippen LogP contribution < -0.4 is 9.47 Å². The van der Waals surface area contributed by atoms with Crippen LogP contribution in [0.3, 0.4) is 0 Å². The quantitative estimate of drug-likeness (QED) is 0.915. The highest BCUT2D eigenvalue weighted by Crippen LogP contribution is 2.32. The summed E-state index contributed by atoms with van der Waals surface area (Å²) in [6.07, 6.45) is -0.0289. The summed E-state index contributed by atoms with van der Waals surface area (Å²) in [6, 6.07) is 9.08. The third-order valence-electron chi connectivity index (χ3n) is 3.22. The topological polar surface area (TPSA) is 68.7 Å². The molecule has 0 aliphatic rings. The summed E-state index contributed by atoms with van der Waals surface area (Å²) in [5.41, 5.74) is 2.98. The highest BCUT2D eigenvalue weighted by molar-refractivity contribution is 5.72. The van der Waals surface area contributed by atoms with Gasteiger partial charge in [-0.3, -0.25) is 9.78 Å². The highest BCUT2D eigenvalue weighted by atomic mass is 16.5. The van der Waals surface area contributed by atoms with Gasteiger partial charge in [-0.1, -0.05) is 6.07 Å². The average Bonchev–Trinajstić information content (AvgIpc) is 2.48. The molecule has 0 atom stereocenters. The van der Waals surface area contributed by atoms with Crippen molar-refractivity contribution in [1.82, 2.24) is 4.98 Å². The first-order valence-electron chi connectivity index (χ1n) is 6.46. The molecule has 0 unspecified atom stereocenters. The third kappa shape index (κ3) is 3.31. The van der Waals surface area contributed by atoms with Crippen molar-refractivity contribution in [2.24, 2.45) is 0 Å². The van der Waals surface area contributed by atoms with Gasteiger partial charge in [-0.05, 0) is 30.7 Å². The fraction of sp³-hybridized carbons (Fsp3) is 0.250. The lowest BCUT2D eigenvalue weighted by Crippen LogP contribution is -2.03. The molecule has 0 amide bonds. The Labute approximate surface area is 123 Å². The second-order valence-electron chi connectivity index (χ2n) is 4.58. The summed E-state index contributed by atoms with van der Waals surface area (Å²) in [7, 11) is 3.18. The number of carbonyl (C=O) groups is 1. The maximum absolute atomic E-state index is 10.8. The molecule has 1 aromatic heterocycles. The maximum Gasteiger partial charge on any atom is 0.307 e. The SMILES string of the molecule is COc1ccc(-c2ccc(CC(=O)O)c(C)n2)c(OC)c1. The standard InChI is InChI=1S/C16H17NO4/c1-10-11(8-16(18)19)4-7-14(17-10)13-6-5-12(20-2)9-15(13)21-3/h4-7,9H,8H2,1-3H3,(H,18,19).